The van der Waals surface area contributed by atoms with Crippen molar-refractivity contribution >= 4 is 27.6 Å². The Balaban J connectivity index is 2.27. The summed E-state index contributed by atoms with van der Waals surface area (Å²) in [4.78, 5) is 15.3. The number of carboxylic acid groups (broad SMARTS) is 1. The first kappa shape index (κ1) is 15.6. The third kappa shape index (κ3) is 3.84. The number of aromatic carboxylic acids is 1. The van der Waals surface area contributed by atoms with Crippen LogP contribution in [0.25, 0.3) is 0 Å². The van der Waals surface area contributed by atoms with Crippen LogP contribution in [0.3, 0.4) is 0 Å². The number of nitrogens with zero attached hydrogens (tertiary/aromatic N) is 2. The molecular weight excluding hydrogens is 294 g/mol. The van der Waals surface area contributed by atoms with E-state index in [4.69, 9.17) is 5.11 Å². The Morgan fingerprint density at radius 2 is 2.14 bits per heavy atom. The van der Waals surface area contributed by atoms with Gasteiger partial charge in [-0.3, -0.25) is 4.31 Å². The molecule has 21 heavy (non-hydrogen) atoms. The number of anilines is 2. The Kier molecular flexibility index (Phi) is 4.08. The van der Waals surface area contributed by atoms with Gasteiger partial charge in [0, 0.05) is 13.6 Å². The highest BCUT2D eigenvalue weighted by atomic mass is 32.2. The van der Waals surface area contributed by atoms with E-state index < -0.39 is 16.0 Å². The van der Waals surface area contributed by atoms with Gasteiger partial charge in [-0.1, -0.05) is 6.92 Å². The number of hydrogen-bond acceptors (Lipinski definition) is 5. The number of rotatable bonds is 6. The summed E-state index contributed by atoms with van der Waals surface area (Å²) in [5, 5.41) is 12.2. The molecule has 1 aliphatic rings. The normalized spacial score (nSPS) is 20.9. The number of pyridine rings is 1. The Morgan fingerprint density at radius 3 is 2.62 bits per heavy atom. The third-order valence-electron chi connectivity index (χ3n) is 3.70. The second-order valence-electron chi connectivity index (χ2n) is 5.49. The van der Waals surface area contributed by atoms with Crippen molar-refractivity contribution in [2.45, 2.75) is 13.3 Å². The molecular formula is C13H19N3O4S. The molecule has 0 radical (unpaired) electrons. The minimum Gasteiger partial charge on any atom is -0.478 e. The first-order valence-electron chi connectivity index (χ1n) is 6.61. The van der Waals surface area contributed by atoms with Crippen LogP contribution < -0.4 is 9.62 Å². The van der Waals surface area contributed by atoms with E-state index in [0.29, 0.717) is 24.2 Å². The monoisotopic (exact) mass is 313 g/mol. The molecule has 2 N–H and O–H groups in total. The van der Waals surface area contributed by atoms with Crippen LogP contribution in [0.5, 0.6) is 0 Å². The van der Waals surface area contributed by atoms with Crippen LogP contribution in [0.4, 0.5) is 11.6 Å². The molecule has 8 heteroatoms. The molecule has 0 amide bonds. The van der Waals surface area contributed by atoms with Crippen LogP contribution >= 0.6 is 0 Å². The van der Waals surface area contributed by atoms with Gasteiger partial charge in [0.05, 0.1) is 11.8 Å². The lowest BCUT2D eigenvalue weighted by Gasteiger charge is -2.17. The minimum atomic E-state index is -3.49. The van der Waals surface area contributed by atoms with Gasteiger partial charge in [-0.25, -0.2) is 18.2 Å². The van der Waals surface area contributed by atoms with Crippen molar-refractivity contribution in [1.82, 2.24) is 4.98 Å². The van der Waals surface area contributed by atoms with Crippen LogP contribution in [0, 0.1) is 11.8 Å². The molecule has 1 fully saturated rings. The molecule has 2 atom stereocenters. The Hall–Kier alpha value is -1.83. The Bertz CT molecular complexity index is 659. The number of aromatic nitrogens is 1. The molecule has 0 saturated heterocycles. The van der Waals surface area contributed by atoms with Crippen molar-refractivity contribution < 1.29 is 18.3 Å². The zero-order valence-corrected chi connectivity index (χ0v) is 13.0. The molecule has 0 bridgehead atoms. The van der Waals surface area contributed by atoms with E-state index in [1.807, 2.05) is 0 Å². The molecule has 116 valence electrons. The lowest BCUT2D eigenvalue weighted by Crippen LogP contribution is -2.26. The van der Waals surface area contributed by atoms with Gasteiger partial charge >= 0.3 is 5.97 Å². The summed E-state index contributed by atoms with van der Waals surface area (Å²) in [6, 6.07) is 2.66. The van der Waals surface area contributed by atoms with Gasteiger partial charge in [0.2, 0.25) is 10.0 Å². The van der Waals surface area contributed by atoms with Crippen LogP contribution in [-0.2, 0) is 10.0 Å². The quantitative estimate of drug-likeness (QED) is 0.820. The maximum Gasteiger partial charge on any atom is 0.335 e. The van der Waals surface area contributed by atoms with E-state index in [1.165, 1.54) is 19.2 Å². The lowest BCUT2D eigenvalue weighted by atomic mass is 10.2. The smallest absolute Gasteiger partial charge is 0.335 e. The molecule has 2 rings (SSSR count). The van der Waals surface area contributed by atoms with E-state index >= 15 is 0 Å². The van der Waals surface area contributed by atoms with E-state index in [9.17, 15) is 13.2 Å². The van der Waals surface area contributed by atoms with Gasteiger partial charge in [-0.2, -0.15) is 0 Å². The minimum absolute atomic E-state index is 0.00171. The molecule has 0 aliphatic heterocycles. The van der Waals surface area contributed by atoms with Crippen molar-refractivity contribution in [1.29, 1.82) is 0 Å². The van der Waals surface area contributed by atoms with Gasteiger partial charge in [0.25, 0.3) is 0 Å². The van der Waals surface area contributed by atoms with E-state index in [2.05, 4.69) is 17.2 Å². The number of sulfonamides is 1. The molecule has 1 aromatic heterocycles. The highest BCUT2D eigenvalue weighted by molar-refractivity contribution is 7.92. The SMILES string of the molecule is C[C@@H]1C[C@H]1CNc1cc(C(=O)O)cc(N(C)S(C)(=O)=O)n1. The summed E-state index contributed by atoms with van der Waals surface area (Å²) >= 11 is 0. The summed E-state index contributed by atoms with van der Waals surface area (Å²) < 4.78 is 24.1. The first-order chi connectivity index (χ1) is 9.68. The highest BCUT2D eigenvalue weighted by Crippen LogP contribution is 2.37. The molecule has 1 aliphatic carbocycles. The van der Waals surface area contributed by atoms with E-state index in [0.717, 1.165) is 17.0 Å². The lowest BCUT2D eigenvalue weighted by molar-refractivity contribution is 0.0697. The number of carbonyl (C=O) groups is 1. The summed E-state index contributed by atoms with van der Waals surface area (Å²) in [7, 11) is -2.15. The topological polar surface area (TPSA) is 99.6 Å². The average molecular weight is 313 g/mol. The molecule has 7 nitrogen and oxygen atoms in total. The van der Waals surface area contributed by atoms with Crippen molar-refractivity contribution in [3.63, 3.8) is 0 Å². The summed E-state index contributed by atoms with van der Waals surface area (Å²) in [6.07, 6.45) is 2.18. The van der Waals surface area contributed by atoms with Gasteiger partial charge in [0.1, 0.15) is 11.6 Å². The Labute approximate surface area is 124 Å². The van der Waals surface area contributed by atoms with Crippen molar-refractivity contribution in [2.75, 3.05) is 29.5 Å². The number of nitrogens with one attached hydrogen (secondary N) is 1. The highest BCUT2D eigenvalue weighted by Gasteiger charge is 2.32. The predicted molar refractivity (Wildman–Crippen MR) is 80.2 cm³/mol. The van der Waals surface area contributed by atoms with Gasteiger partial charge in [0.15, 0.2) is 0 Å². The zero-order chi connectivity index (χ0) is 15.8. The fraction of sp³-hybridized carbons (Fsp3) is 0.538. The second-order valence-corrected chi connectivity index (χ2v) is 7.50. The van der Waals surface area contributed by atoms with Crippen LogP contribution in [-0.4, -0.2) is 44.3 Å². The molecule has 1 heterocycles. The molecule has 1 aromatic rings. The van der Waals surface area contributed by atoms with Crippen LogP contribution in [0.1, 0.15) is 23.7 Å². The third-order valence-corrected chi connectivity index (χ3v) is 4.88. The standard InChI is InChI=1S/C13H19N3O4S/c1-8-4-10(8)7-14-11-5-9(13(17)18)6-12(15-11)16(2)21(3,19)20/h5-6,8,10H,4,7H2,1-3H3,(H,14,15)(H,17,18)/t8-,10+/m1/s1. The molecule has 1 saturated carbocycles. The molecule has 0 aromatic carbocycles. The van der Waals surface area contributed by atoms with E-state index in [-0.39, 0.29) is 11.4 Å². The second kappa shape index (κ2) is 5.51. The summed E-state index contributed by atoms with van der Waals surface area (Å²) in [6.45, 7) is 2.86. The van der Waals surface area contributed by atoms with Crippen LogP contribution in [0.2, 0.25) is 0 Å². The maximum atomic E-state index is 11.6. The fourth-order valence-corrected chi connectivity index (χ4v) is 2.41. The Morgan fingerprint density at radius 1 is 1.52 bits per heavy atom. The van der Waals surface area contributed by atoms with Gasteiger partial charge in [-0.15, -0.1) is 0 Å². The number of carboxylic acids is 1. The van der Waals surface area contributed by atoms with Gasteiger partial charge in [-0.05, 0) is 30.4 Å². The van der Waals surface area contributed by atoms with Crippen molar-refractivity contribution in [2.24, 2.45) is 11.8 Å². The largest absolute Gasteiger partial charge is 0.478 e. The molecule has 0 spiro atoms. The summed E-state index contributed by atoms with van der Waals surface area (Å²) in [5.74, 6) is 0.571. The zero-order valence-electron chi connectivity index (χ0n) is 12.2. The first-order valence-corrected chi connectivity index (χ1v) is 8.46. The van der Waals surface area contributed by atoms with E-state index in [1.54, 1.807) is 0 Å². The van der Waals surface area contributed by atoms with Crippen molar-refractivity contribution in [3.8, 4) is 0 Å². The predicted octanol–water partition coefficient (Wildman–Crippen LogP) is 1.24. The average Bonchev–Trinajstić information content (AvgIpc) is 3.10. The van der Waals surface area contributed by atoms with Crippen LogP contribution in [0.15, 0.2) is 12.1 Å². The van der Waals surface area contributed by atoms with Gasteiger partial charge < -0.3 is 10.4 Å². The number of hydrogen-bond donors (Lipinski definition) is 2. The van der Waals surface area contributed by atoms with Crippen molar-refractivity contribution in [3.05, 3.63) is 17.7 Å². The molecule has 0 unspecified atom stereocenters. The fourth-order valence-electron chi connectivity index (χ4n) is 1.98. The maximum absolute atomic E-state index is 11.6. The summed E-state index contributed by atoms with van der Waals surface area (Å²) in [5.41, 5.74) is 0.00171.